The van der Waals surface area contributed by atoms with E-state index in [-0.39, 0.29) is 16.4 Å². The van der Waals surface area contributed by atoms with Gasteiger partial charge in [0, 0.05) is 16.6 Å². The number of anilines is 1. The van der Waals surface area contributed by atoms with E-state index in [2.05, 4.69) is 16.7 Å². The van der Waals surface area contributed by atoms with Gasteiger partial charge < -0.3 is 15.4 Å². The first kappa shape index (κ1) is 23.3. The average molecular weight is 474 g/mol. The van der Waals surface area contributed by atoms with Crippen molar-refractivity contribution in [3.05, 3.63) is 75.5 Å². The van der Waals surface area contributed by atoms with Crippen LogP contribution in [0.15, 0.2) is 59.1 Å². The monoisotopic (exact) mass is 473 g/mol. The van der Waals surface area contributed by atoms with Gasteiger partial charge in [0.15, 0.2) is 0 Å². The van der Waals surface area contributed by atoms with E-state index in [1.165, 1.54) is 24.3 Å². The van der Waals surface area contributed by atoms with Crippen LogP contribution in [0.4, 0.5) is 10.1 Å². The second-order valence-corrected chi connectivity index (χ2v) is 8.14. The van der Waals surface area contributed by atoms with E-state index in [0.29, 0.717) is 16.3 Å². The number of nitrogens with zero attached hydrogens (tertiary/aromatic N) is 1. The molecule has 0 saturated carbocycles. The Morgan fingerprint density at radius 1 is 1.22 bits per heavy atom. The minimum Gasteiger partial charge on any atom is -0.468 e. The van der Waals surface area contributed by atoms with Crippen molar-refractivity contribution in [3.63, 3.8) is 0 Å². The molecule has 2 aromatic rings. The zero-order chi connectivity index (χ0) is 23.3. The van der Waals surface area contributed by atoms with Gasteiger partial charge in [0.1, 0.15) is 11.7 Å². The van der Waals surface area contributed by atoms with Gasteiger partial charge in [0.2, 0.25) is 11.8 Å². The van der Waals surface area contributed by atoms with Gasteiger partial charge in [-0.1, -0.05) is 35.5 Å². The number of halogens is 2. The zero-order valence-corrected chi connectivity index (χ0v) is 18.3. The summed E-state index contributed by atoms with van der Waals surface area (Å²) in [6, 6.07) is 13.8. The van der Waals surface area contributed by atoms with Crippen LogP contribution in [0.2, 0.25) is 5.02 Å². The lowest BCUT2D eigenvalue weighted by Crippen LogP contribution is -2.44. The van der Waals surface area contributed by atoms with E-state index in [1.807, 2.05) is 0 Å². The van der Waals surface area contributed by atoms with Gasteiger partial charge in [-0.15, -0.1) is 0 Å². The Balaban J connectivity index is 1.87. The Hall–Kier alpha value is -3.35. The molecule has 1 aliphatic heterocycles. The molecular weight excluding hydrogens is 457 g/mol. The number of nitriles is 1. The van der Waals surface area contributed by atoms with Gasteiger partial charge in [0.05, 0.1) is 29.5 Å². The predicted octanol–water partition coefficient (Wildman–Crippen LogP) is 3.59. The predicted molar refractivity (Wildman–Crippen MR) is 118 cm³/mol. The number of carbonyl (C=O) groups excluding carboxylic acids is 3. The van der Waals surface area contributed by atoms with Gasteiger partial charge in [0.25, 0.3) is 0 Å². The maximum Gasteiger partial charge on any atom is 0.319 e. The molecule has 2 atom stereocenters. The number of ether oxygens (including phenoxy) is 1. The molecular formula is C22H17ClFN3O4S. The summed E-state index contributed by atoms with van der Waals surface area (Å²) in [6.07, 6.45) is 0. The molecule has 2 N–H and O–H groups in total. The Morgan fingerprint density at radius 3 is 2.47 bits per heavy atom. The number of hydrogen-bond donors (Lipinski definition) is 2. The molecule has 10 heteroatoms. The average Bonchev–Trinajstić information content (AvgIpc) is 2.78. The third-order valence-corrected chi connectivity index (χ3v) is 5.96. The van der Waals surface area contributed by atoms with Crippen LogP contribution in [0.3, 0.4) is 0 Å². The number of carbonyl (C=O) groups is 3. The number of hydrogen-bond acceptors (Lipinski definition) is 6. The van der Waals surface area contributed by atoms with Gasteiger partial charge in [-0.2, -0.15) is 5.26 Å². The van der Waals surface area contributed by atoms with Crippen molar-refractivity contribution in [1.29, 1.82) is 5.26 Å². The summed E-state index contributed by atoms with van der Waals surface area (Å²) in [7, 11) is 1.16. The molecule has 0 radical (unpaired) electrons. The fourth-order valence-corrected chi connectivity index (χ4v) is 4.19. The van der Waals surface area contributed by atoms with Gasteiger partial charge >= 0.3 is 5.97 Å². The zero-order valence-electron chi connectivity index (χ0n) is 16.7. The maximum absolute atomic E-state index is 13.0. The lowest BCUT2D eigenvalue weighted by atomic mass is 9.78. The number of thioether (sulfide) groups is 1. The SMILES string of the molecule is COC(=O)[C@@H]1C(=O)NC(SCC(=O)Nc2ccc(F)cc2)=C(C#N)[C@@H]1c1ccc(Cl)cc1. The molecule has 32 heavy (non-hydrogen) atoms. The van der Waals surface area contributed by atoms with Gasteiger partial charge in [-0.3, -0.25) is 14.4 Å². The number of esters is 1. The number of amides is 2. The Bertz CT molecular complexity index is 1110. The molecule has 0 spiro atoms. The lowest BCUT2D eigenvalue weighted by Gasteiger charge is -2.30. The van der Waals surface area contributed by atoms with E-state index in [9.17, 15) is 24.0 Å². The highest BCUT2D eigenvalue weighted by Gasteiger charge is 2.44. The van der Waals surface area contributed by atoms with Crippen molar-refractivity contribution >= 4 is 46.8 Å². The summed E-state index contributed by atoms with van der Waals surface area (Å²) in [5.74, 6) is -4.58. The summed E-state index contributed by atoms with van der Waals surface area (Å²) in [6.45, 7) is 0. The number of benzene rings is 2. The Kier molecular flexibility index (Phi) is 7.51. The van der Waals surface area contributed by atoms with E-state index in [0.717, 1.165) is 18.9 Å². The van der Waals surface area contributed by atoms with Crippen LogP contribution in [-0.4, -0.2) is 30.6 Å². The Labute approximate surface area is 192 Å². The molecule has 1 aliphatic rings. The minimum absolute atomic E-state index is 0.127. The number of rotatable bonds is 6. The van der Waals surface area contributed by atoms with E-state index in [4.69, 9.17) is 16.3 Å². The van der Waals surface area contributed by atoms with Crippen LogP contribution >= 0.6 is 23.4 Å². The smallest absolute Gasteiger partial charge is 0.319 e. The van der Waals surface area contributed by atoms with Crippen LogP contribution in [0.5, 0.6) is 0 Å². The van der Waals surface area contributed by atoms with E-state index in [1.54, 1.807) is 24.3 Å². The summed E-state index contributed by atoms with van der Waals surface area (Å²) in [4.78, 5) is 37.4. The summed E-state index contributed by atoms with van der Waals surface area (Å²) < 4.78 is 17.8. The third kappa shape index (κ3) is 5.28. The fraction of sp³-hybridized carbons (Fsp3) is 0.182. The maximum atomic E-state index is 13.0. The normalized spacial score (nSPS) is 17.9. The summed E-state index contributed by atoms with van der Waals surface area (Å²) >= 11 is 6.89. The molecule has 0 aromatic heterocycles. The molecule has 2 aromatic carbocycles. The highest BCUT2D eigenvalue weighted by atomic mass is 35.5. The summed E-state index contributed by atoms with van der Waals surface area (Å²) in [5, 5.41) is 15.6. The Morgan fingerprint density at radius 2 is 1.88 bits per heavy atom. The molecule has 0 saturated heterocycles. The molecule has 1 heterocycles. The van der Waals surface area contributed by atoms with Crippen molar-refractivity contribution in [2.24, 2.45) is 5.92 Å². The topological polar surface area (TPSA) is 108 Å². The van der Waals surface area contributed by atoms with Crippen molar-refractivity contribution in [1.82, 2.24) is 5.32 Å². The minimum atomic E-state index is -1.27. The largest absolute Gasteiger partial charge is 0.468 e. The number of methoxy groups -OCH3 is 1. The van der Waals surface area contributed by atoms with Crippen molar-refractivity contribution in [2.45, 2.75) is 5.92 Å². The summed E-state index contributed by atoms with van der Waals surface area (Å²) in [5.41, 5.74) is 1.07. The van der Waals surface area contributed by atoms with E-state index >= 15 is 0 Å². The molecule has 164 valence electrons. The number of allylic oxidation sites excluding steroid dienone is 1. The third-order valence-electron chi connectivity index (χ3n) is 4.69. The molecule has 0 fully saturated rings. The first-order chi connectivity index (χ1) is 15.3. The van der Waals surface area contributed by atoms with Crippen molar-refractivity contribution in [2.75, 3.05) is 18.2 Å². The standard InChI is InChI=1S/C22H17ClFN3O4S/c1-31-22(30)19-18(12-2-4-13(23)5-3-12)16(10-25)21(27-20(19)29)32-11-17(28)26-15-8-6-14(24)7-9-15/h2-9,18-19H,11H2,1H3,(H,26,28)(H,27,29)/t18-,19-/m0/s1. The van der Waals surface area contributed by atoms with Crippen LogP contribution in [0.1, 0.15) is 11.5 Å². The quantitative estimate of drug-likeness (QED) is 0.490. The van der Waals surface area contributed by atoms with Gasteiger partial charge in [-0.25, -0.2) is 4.39 Å². The molecule has 7 nitrogen and oxygen atoms in total. The van der Waals surface area contributed by atoms with Crippen molar-refractivity contribution < 1.29 is 23.5 Å². The molecule has 2 amide bonds. The fourth-order valence-electron chi connectivity index (χ4n) is 3.22. The molecule has 0 unspecified atom stereocenters. The van der Waals surface area contributed by atoms with Crippen LogP contribution in [0, 0.1) is 23.1 Å². The highest BCUT2D eigenvalue weighted by molar-refractivity contribution is 8.03. The van der Waals surface area contributed by atoms with Crippen LogP contribution < -0.4 is 10.6 Å². The van der Waals surface area contributed by atoms with E-state index < -0.39 is 35.4 Å². The van der Waals surface area contributed by atoms with Crippen LogP contribution in [-0.2, 0) is 19.1 Å². The highest BCUT2D eigenvalue weighted by Crippen LogP contribution is 2.40. The van der Waals surface area contributed by atoms with Gasteiger partial charge in [-0.05, 0) is 42.0 Å². The molecule has 0 aliphatic carbocycles. The van der Waals surface area contributed by atoms with Crippen molar-refractivity contribution in [3.8, 4) is 6.07 Å². The molecule has 3 rings (SSSR count). The second kappa shape index (κ2) is 10.3. The lowest BCUT2D eigenvalue weighted by molar-refractivity contribution is -0.150. The first-order valence-electron chi connectivity index (χ1n) is 9.30. The second-order valence-electron chi connectivity index (χ2n) is 6.72. The first-order valence-corrected chi connectivity index (χ1v) is 10.7. The number of nitrogens with one attached hydrogen (secondary N) is 2. The van der Waals surface area contributed by atoms with Crippen LogP contribution in [0.25, 0.3) is 0 Å². The molecule has 0 bridgehead atoms.